The molecule has 2 rings (SSSR count). The molecule has 1 aliphatic rings. The quantitative estimate of drug-likeness (QED) is 0.931. The van der Waals surface area contributed by atoms with Crippen molar-refractivity contribution < 1.29 is 18.0 Å². The van der Waals surface area contributed by atoms with E-state index in [4.69, 9.17) is 0 Å². The molecule has 1 N–H and O–H groups in total. The van der Waals surface area contributed by atoms with Crippen molar-refractivity contribution in [3.8, 4) is 0 Å². The zero-order valence-corrected chi connectivity index (χ0v) is 11.9. The van der Waals surface area contributed by atoms with E-state index in [0.717, 1.165) is 31.5 Å². The first-order chi connectivity index (χ1) is 9.88. The Morgan fingerprint density at radius 3 is 2.52 bits per heavy atom. The molecule has 0 aromatic heterocycles. The fraction of sp³-hybridized carbons (Fsp3) is 0.533. The number of carbonyl (C=O) groups excluding carboxylic acids is 1. The van der Waals surface area contributed by atoms with Crippen LogP contribution >= 0.6 is 0 Å². The van der Waals surface area contributed by atoms with Crippen LogP contribution in [0.25, 0.3) is 0 Å². The van der Waals surface area contributed by atoms with Gasteiger partial charge in [-0.25, -0.2) is 0 Å². The van der Waals surface area contributed by atoms with Crippen LogP contribution in [0.4, 0.5) is 13.2 Å². The van der Waals surface area contributed by atoms with Gasteiger partial charge in [-0.05, 0) is 37.1 Å². The Morgan fingerprint density at radius 1 is 1.33 bits per heavy atom. The molecule has 3 nitrogen and oxygen atoms in total. The number of benzene rings is 1. The summed E-state index contributed by atoms with van der Waals surface area (Å²) in [6.45, 7) is 1.94. The van der Waals surface area contributed by atoms with Crippen LogP contribution in [0.3, 0.4) is 0 Å². The average molecular weight is 300 g/mol. The van der Waals surface area contributed by atoms with E-state index in [2.05, 4.69) is 5.32 Å². The van der Waals surface area contributed by atoms with Gasteiger partial charge in [-0.15, -0.1) is 0 Å². The highest BCUT2D eigenvalue weighted by atomic mass is 19.4. The number of nitrogens with one attached hydrogen (secondary N) is 1. The van der Waals surface area contributed by atoms with Gasteiger partial charge < -0.3 is 10.2 Å². The second-order valence-corrected chi connectivity index (χ2v) is 5.43. The highest BCUT2D eigenvalue weighted by Crippen LogP contribution is 2.29. The molecule has 1 aliphatic heterocycles. The molecular weight excluding hydrogens is 281 g/mol. The number of hydrogen-bond donors (Lipinski definition) is 1. The molecule has 0 saturated carbocycles. The van der Waals surface area contributed by atoms with Crippen molar-refractivity contribution in [2.24, 2.45) is 5.92 Å². The maximum absolute atomic E-state index is 12.5. The molecule has 0 aliphatic carbocycles. The van der Waals surface area contributed by atoms with Crippen molar-refractivity contribution in [1.82, 2.24) is 10.2 Å². The first-order valence-corrected chi connectivity index (χ1v) is 7.00. The van der Waals surface area contributed by atoms with E-state index < -0.39 is 11.7 Å². The highest BCUT2D eigenvalue weighted by Gasteiger charge is 2.30. The fourth-order valence-electron chi connectivity index (χ4n) is 2.53. The van der Waals surface area contributed by atoms with Crippen LogP contribution in [0.1, 0.15) is 24.0 Å². The molecule has 0 radical (unpaired) electrons. The Hall–Kier alpha value is -1.56. The van der Waals surface area contributed by atoms with Crippen molar-refractivity contribution in [3.63, 3.8) is 0 Å². The predicted molar refractivity (Wildman–Crippen MR) is 73.5 cm³/mol. The summed E-state index contributed by atoms with van der Waals surface area (Å²) in [6, 6.07) is 4.95. The third-order valence-electron chi connectivity index (χ3n) is 3.72. The number of amides is 1. The molecule has 1 aromatic rings. The third-order valence-corrected chi connectivity index (χ3v) is 3.72. The minimum absolute atomic E-state index is 0.0294. The minimum Gasteiger partial charge on any atom is -0.341 e. The predicted octanol–water partition coefficient (Wildman–Crippen LogP) is 2.66. The number of rotatable bonds is 3. The summed E-state index contributed by atoms with van der Waals surface area (Å²) in [5, 5.41) is 3.19. The summed E-state index contributed by atoms with van der Waals surface area (Å²) in [4.78, 5) is 13.8. The molecule has 1 amide bonds. The molecule has 0 unspecified atom stereocenters. The third kappa shape index (κ3) is 4.20. The van der Waals surface area contributed by atoms with Gasteiger partial charge >= 0.3 is 6.18 Å². The van der Waals surface area contributed by atoms with Crippen molar-refractivity contribution >= 4 is 5.91 Å². The lowest BCUT2D eigenvalue weighted by Crippen LogP contribution is -2.41. The molecule has 116 valence electrons. The van der Waals surface area contributed by atoms with Gasteiger partial charge in [0.2, 0.25) is 5.91 Å². The lowest BCUT2D eigenvalue weighted by atomic mass is 9.98. The van der Waals surface area contributed by atoms with Gasteiger partial charge in [0.1, 0.15) is 0 Å². The second-order valence-electron chi connectivity index (χ2n) is 5.43. The monoisotopic (exact) mass is 300 g/mol. The molecule has 1 fully saturated rings. The first-order valence-electron chi connectivity index (χ1n) is 7.00. The van der Waals surface area contributed by atoms with Crippen molar-refractivity contribution in [2.45, 2.75) is 25.6 Å². The first kappa shape index (κ1) is 15.8. The number of piperidine rings is 1. The van der Waals surface area contributed by atoms with Gasteiger partial charge in [-0.2, -0.15) is 13.2 Å². The fourth-order valence-corrected chi connectivity index (χ4v) is 2.53. The van der Waals surface area contributed by atoms with Gasteiger partial charge in [0.15, 0.2) is 0 Å². The maximum atomic E-state index is 12.5. The van der Waals surface area contributed by atoms with E-state index in [-0.39, 0.29) is 11.8 Å². The topological polar surface area (TPSA) is 32.3 Å². The number of alkyl halides is 3. The van der Waals surface area contributed by atoms with Crippen LogP contribution in [0.15, 0.2) is 24.3 Å². The Morgan fingerprint density at radius 2 is 2.00 bits per heavy atom. The van der Waals surface area contributed by atoms with Gasteiger partial charge in [0.25, 0.3) is 0 Å². The van der Waals surface area contributed by atoms with Gasteiger partial charge in [-0.3, -0.25) is 4.79 Å². The van der Waals surface area contributed by atoms with E-state index in [9.17, 15) is 18.0 Å². The molecule has 0 bridgehead atoms. The van der Waals surface area contributed by atoms with E-state index in [1.54, 1.807) is 11.9 Å². The summed E-state index contributed by atoms with van der Waals surface area (Å²) < 4.78 is 37.4. The molecule has 1 atom stereocenters. The SMILES string of the molecule is CN(Cc1ccc(C(F)(F)F)cc1)C(=O)[C@@H]1CCCNC1. The Labute approximate surface area is 122 Å². The second kappa shape index (κ2) is 6.47. The van der Waals surface area contributed by atoms with Crippen LogP contribution in [0.2, 0.25) is 0 Å². The van der Waals surface area contributed by atoms with Crippen LogP contribution < -0.4 is 5.32 Å². The zero-order valence-electron chi connectivity index (χ0n) is 11.9. The molecule has 21 heavy (non-hydrogen) atoms. The van der Waals surface area contributed by atoms with Crippen molar-refractivity contribution in [2.75, 3.05) is 20.1 Å². The van der Waals surface area contributed by atoms with Gasteiger partial charge in [0.05, 0.1) is 11.5 Å². The lowest BCUT2D eigenvalue weighted by Gasteiger charge is -2.27. The smallest absolute Gasteiger partial charge is 0.341 e. The molecule has 1 aromatic carbocycles. The summed E-state index contributed by atoms with van der Waals surface area (Å²) in [7, 11) is 1.69. The Balaban J connectivity index is 1.95. The standard InChI is InChI=1S/C15H19F3N2O/c1-20(14(21)12-3-2-8-19-9-12)10-11-4-6-13(7-5-11)15(16,17)18/h4-7,12,19H,2-3,8-10H2,1H3/t12-/m1/s1. The van der Waals surface area contributed by atoms with Gasteiger partial charge in [-0.1, -0.05) is 12.1 Å². The van der Waals surface area contributed by atoms with Crippen LogP contribution in [-0.4, -0.2) is 30.9 Å². The highest BCUT2D eigenvalue weighted by molar-refractivity contribution is 5.78. The minimum atomic E-state index is -4.33. The van der Waals surface area contributed by atoms with E-state index in [0.29, 0.717) is 18.7 Å². The molecule has 0 spiro atoms. The zero-order chi connectivity index (χ0) is 15.5. The Bertz CT molecular complexity index is 479. The van der Waals surface area contributed by atoms with Crippen LogP contribution in [0, 0.1) is 5.92 Å². The van der Waals surface area contributed by atoms with Crippen LogP contribution in [-0.2, 0) is 17.5 Å². The molecule has 1 heterocycles. The lowest BCUT2D eigenvalue weighted by molar-refractivity contribution is -0.138. The number of carbonyl (C=O) groups is 1. The number of hydrogen-bond acceptors (Lipinski definition) is 2. The molecule has 1 saturated heterocycles. The summed E-state index contributed by atoms with van der Waals surface area (Å²) >= 11 is 0. The molecule has 6 heteroatoms. The number of halogens is 3. The van der Waals surface area contributed by atoms with Crippen LogP contribution in [0.5, 0.6) is 0 Å². The summed E-state index contributed by atoms with van der Waals surface area (Å²) in [5.41, 5.74) is 0.0272. The normalized spacial score (nSPS) is 19.3. The largest absolute Gasteiger partial charge is 0.416 e. The number of nitrogens with zero attached hydrogens (tertiary/aromatic N) is 1. The maximum Gasteiger partial charge on any atom is 0.416 e. The Kier molecular flexibility index (Phi) is 4.88. The summed E-state index contributed by atoms with van der Waals surface area (Å²) in [6.07, 6.45) is -2.48. The van der Waals surface area contributed by atoms with E-state index >= 15 is 0 Å². The summed E-state index contributed by atoms with van der Waals surface area (Å²) in [5.74, 6) is 0.0142. The van der Waals surface area contributed by atoms with Crippen molar-refractivity contribution in [1.29, 1.82) is 0 Å². The average Bonchev–Trinajstić information content (AvgIpc) is 2.47. The molecular formula is C15H19F3N2O. The van der Waals surface area contributed by atoms with Gasteiger partial charge in [0, 0.05) is 20.1 Å². The van der Waals surface area contributed by atoms with E-state index in [1.807, 2.05) is 0 Å². The van der Waals surface area contributed by atoms with E-state index in [1.165, 1.54) is 12.1 Å². The van der Waals surface area contributed by atoms with Crippen molar-refractivity contribution in [3.05, 3.63) is 35.4 Å².